The standard InChI is InChI=1S/C23H28ClN3O2/c1-16(25)12-23(28)26-19-6-7-22(21(24)15-19)27-10-8-17(9-11-27)13-18-4-3-5-20(14-18)29-2/h3-7,12,14-15,17H,8-11,13,25H2,1-2H3,(H,26,28)/b16-12-. The maximum Gasteiger partial charge on any atom is 0.250 e. The fourth-order valence-electron chi connectivity index (χ4n) is 3.74. The fraction of sp³-hybridized carbons (Fsp3) is 0.348. The van der Waals surface area contributed by atoms with E-state index in [1.54, 1.807) is 20.1 Å². The number of allylic oxidation sites excluding steroid dienone is 1. The molecular weight excluding hydrogens is 386 g/mol. The number of amides is 1. The Bertz CT molecular complexity index is 885. The Labute approximate surface area is 177 Å². The van der Waals surface area contributed by atoms with E-state index in [0.29, 0.717) is 22.3 Å². The van der Waals surface area contributed by atoms with Crippen molar-refractivity contribution in [2.45, 2.75) is 26.2 Å². The van der Waals surface area contributed by atoms with Crippen LogP contribution >= 0.6 is 11.6 Å². The Kier molecular flexibility index (Phi) is 7.04. The summed E-state index contributed by atoms with van der Waals surface area (Å²) in [4.78, 5) is 14.1. The van der Waals surface area contributed by atoms with Gasteiger partial charge in [0.25, 0.3) is 0 Å². The van der Waals surface area contributed by atoms with Gasteiger partial charge in [-0.25, -0.2) is 0 Å². The predicted octanol–water partition coefficient (Wildman–Crippen LogP) is 4.61. The summed E-state index contributed by atoms with van der Waals surface area (Å²) in [7, 11) is 1.70. The minimum absolute atomic E-state index is 0.257. The summed E-state index contributed by atoms with van der Waals surface area (Å²) in [5.74, 6) is 1.31. The zero-order chi connectivity index (χ0) is 20.8. The molecule has 154 valence electrons. The molecule has 3 rings (SSSR count). The fourth-order valence-corrected chi connectivity index (χ4v) is 4.04. The molecule has 1 aliphatic heterocycles. The van der Waals surface area contributed by atoms with Gasteiger partial charge in [-0.05, 0) is 68.0 Å². The summed E-state index contributed by atoms with van der Waals surface area (Å²) in [5.41, 5.74) is 8.99. The lowest BCUT2D eigenvalue weighted by Crippen LogP contribution is -2.34. The molecule has 0 unspecified atom stereocenters. The summed E-state index contributed by atoms with van der Waals surface area (Å²) < 4.78 is 5.33. The number of nitrogens with one attached hydrogen (secondary N) is 1. The van der Waals surface area contributed by atoms with Gasteiger partial charge in [0.2, 0.25) is 5.91 Å². The highest BCUT2D eigenvalue weighted by Gasteiger charge is 2.21. The first-order valence-electron chi connectivity index (χ1n) is 9.87. The van der Waals surface area contributed by atoms with Crippen LogP contribution in [0.2, 0.25) is 5.02 Å². The van der Waals surface area contributed by atoms with E-state index >= 15 is 0 Å². The van der Waals surface area contributed by atoms with Crippen LogP contribution in [0.3, 0.4) is 0 Å². The number of carbonyl (C=O) groups is 1. The van der Waals surface area contributed by atoms with E-state index in [2.05, 4.69) is 22.3 Å². The number of ether oxygens (including phenoxy) is 1. The normalized spacial score (nSPS) is 15.3. The summed E-state index contributed by atoms with van der Waals surface area (Å²) in [6.07, 6.45) is 4.66. The second-order valence-corrected chi connectivity index (χ2v) is 7.94. The first-order valence-corrected chi connectivity index (χ1v) is 10.2. The maximum absolute atomic E-state index is 11.8. The number of methoxy groups -OCH3 is 1. The van der Waals surface area contributed by atoms with Gasteiger partial charge in [0, 0.05) is 30.5 Å². The number of benzene rings is 2. The molecule has 1 saturated heterocycles. The van der Waals surface area contributed by atoms with Gasteiger partial charge in [-0.1, -0.05) is 23.7 Å². The molecule has 1 heterocycles. The molecule has 1 amide bonds. The van der Waals surface area contributed by atoms with Gasteiger partial charge >= 0.3 is 0 Å². The molecule has 1 aliphatic rings. The molecule has 5 nitrogen and oxygen atoms in total. The third kappa shape index (κ3) is 5.91. The molecule has 2 aromatic carbocycles. The van der Waals surface area contributed by atoms with Crippen molar-refractivity contribution in [1.82, 2.24) is 0 Å². The van der Waals surface area contributed by atoms with E-state index in [1.165, 1.54) is 11.6 Å². The second kappa shape index (κ2) is 9.70. The average Bonchev–Trinajstić information content (AvgIpc) is 2.68. The van der Waals surface area contributed by atoms with Gasteiger partial charge in [0.1, 0.15) is 5.75 Å². The molecule has 1 fully saturated rings. The highest BCUT2D eigenvalue weighted by Crippen LogP contribution is 2.33. The smallest absolute Gasteiger partial charge is 0.250 e. The van der Waals surface area contributed by atoms with Crippen LogP contribution in [0.25, 0.3) is 0 Å². The van der Waals surface area contributed by atoms with Gasteiger partial charge in [0.15, 0.2) is 0 Å². The molecule has 2 aromatic rings. The lowest BCUT2D eigenvalue weighted by atomic mass is 9.90. The maximum atomic E-state index is 11.8. The van der Waals surface area contributed by atoms with E-state index in [0.717, 1.165) is 43.8 Å². The van der Waals surface area contributed by atoms with Gasteiger partial charge in [-0.2, -0.15) is 0 Å². The molecule has 3 N–H and O–H groups in total. The highest BCUT2D eigenvalue weighted by molar-refractivity contribution is 6.33. The Balaban J connectivity index is 1.57. The summed E-state index contributed by atoms with van der Waals surface area (Å²) >= 11 is 6.50. The lowest BCUT2D eigenvalue weighted by Gasteiger charge is -2.34. The van der Waals surface area contributed by atoms with Crippen LogP contribution in [-0.2, 0) is 11.2 Å². The monoisotopic (exact) mass is 413 g/mol. The van der Waals surface area contributed by atoms with Crippen LogP contribution in [-0.4, -0.2) is 26.1 Å². The van der Waals surface area contributed by atoms with Crippen molar-refractivity contribution in [1.29, 1.82) is 0 Å². The molecular formula is C23H28ClN3O2. The van der Waals surface area contributed by atoms with Crippen molar-refractivity contribution in [3.8, 4) is 5.75 Å². The second-order valence-electron chi connectivity index (χ2n) is 7.53. The molecule has 0 radical (unpaired) electrons. The predicted molar refractivity (Wildman–Crippen MR) is 120 cm³/mol. The van der Waals surface area contributed by atoms with Gasteiger partial charge in [-0.3, -0.25) is 4.79 Å². The molecule has 0 bridgehead atoms. The molecule has 0 saturated carbocycles. The zero-order valence-corrected chi connectivity index (χ0v) is 17.7. The van der Waals surface area contributed by atoms with Gasteiger partial charge in [-0.15, -0.1) is 0 Å². The van der Waals surface area contributed by atoms with Crippen molar-refractivity contribution in [3.05, 3.63) is 64.8 Å². The Morgan fingerprint density at radius 3 is 2.69 bits per heavy atom. The third-order valence-electron chi connectivity index (χ3n) is 5.19. The minimum atomic E-state index is -0.257. The van der Waals surface area contributed by atoms with Crippen LogP contribution in [0.1, 0.15) is 25.3 Å². The van der Waals surface area contributed by atoms with Crippen LogP contribution in [0.4, 0.5) is 11.4 Å². The number of nitrogens with two attached hydrogens (primary N) is 1. The van der Waals surface area contributed by atoms with Crippen LogP contribution < -0.4 is 20.7 Å². The Hall–Kier alpha value is -2.66. The highest BCUT2D eigenvalue weighted by atomic mass is 35.5. The molecule has 0 spiro atoms. The number of carbonyl (C=O) groups excluding carboxylic acids is 1. The number of halogens is 1. The Morgan fingerprint density at radius 2 is 2.03 bits per heavy atom. The number of rotatable bonds is 6. The summed E-state index contributed by atoms with van der Waals surface area (Å²) in [5, 5.41) is 3.42. The first kappa shape index (κ1) is 21.1. The average molecular weight is 414 g/mol. The van der Waals surface area contributed by atoms with Crippen molar-refractivity contribution >= 4 is 28.9 Å². The number of anilines is 2. The SMILES string of the molecule is COc1cccc(CC2CCN(c3ccc(NC(=O)/C=C(/C)N)cc3Cl)CC2)c1. The topological polar surface area (TPSA) is 67.6 Å². The minimum Gasteiger partial charge on any atom is -0.497 e. The summed E-state index contributed by atoms with van der Waals surface area (Å²) in [6, 6.07) is 14.0. The molecule has 29 heavy (non-hydrogen) atoms. The zero-order valence-electron chi connectivity index (χ0n) is 17.0. The van der Waals surface area contributed by atoms with Crippen molar-refractivity contribution in [2.75, 3.05) is 30.4 Å². The van der Waals surface area contributed by atoms with E-state index in [4.69, 9.17) is 22.1 Å². The van der Waals surface area contributed by atoms with E-state index < -0.39 is 0 Å². The number of piperidine rings is 1. The van der Waals surface area contributed by atoms with Crippen LogP contribution in [0.5, 0.6) is 5.75 Å². The summed E-state index contributed by atoms with van der Waals surface area (Å²) in [6.45, 7) is 3.61. The van der Waals surface area contributed by atoms with Gasteiger partial charge in [0.05, 0.1) is 17.8 Å². The van der Waals surface area contributed by atoms with Crippen LogP contribution in [0, 0.1) is 5.92 Å². The third-order valence-corrected chi connectivity index (χ3v) is 5.49. The van der Waals surface area contributed by atoms with E-state index in [-0.39, 0.29) is 5.91 Å². The number of hydrogen-bond donors (Lipinski definition) is 2. The lowest BCUT2D eigenvalue weighted by molar-refractivity contribution is -0.111. The molecule has 0 atom stereocenters. The number of nitrogens with zero attached hydrogens (tertiary/aromatic N) is 1. The van der Waals surface area contributed by atoms with Crippen molar-refractivity contribution in [2.24, 2.45) is 11.7 Å². The van der Waals surface area contributed by atoms with Crippen molar-refractivity contribution < 1.29 is 9.53 Å². The molecule has 0 aromatic heterocycles. The first-order chi connectivity index (χ1) is 13.9. The molecule has 6 heteroatoms. The quantitative estimate of drug-likeness (QED) is 0.678. The Morgan fingerprint density at radius 1 is 1.28 bits per heavy atom. The van der Waals surface area contributed by atoms with Crippen molar-refractivity contribution in [3.63, 3.8) is 0 Å². The largest absolute Gasteiger partial charge is 0.497 e. The number of hydrogen-bond acceptors (Lipinski definition) is 4. The van der Waals surface area contributed by atoms with Crippen LogP contribution in [0.15, 0.2) is 54.2 Å². The van der Waals surface area contributed by atoms with E-state index in [9.17, 15) is 4.79 Å². The molecule has 0 aliphatic carbocycles. The van der Waals surface area contributed by atoms with Gasteiger partial charge < -0.3 is 20.7 Å². The van der Waals surface area contributed by atoms with E-state index in [1.807, 2.05) is 24.3 Å².